The predicted octanol–water partition coefficient (Wildman–Crippen LogP) is 5.36. The number of fused-ring (bicyclic) bond motifs is 6. The number of aryl methyl sites for hydroxylation is 1. The van der Waals surface area contributed by atoms with Crippen LogP contribution in [-0.2, 0) is 80.0 Å². The monoisotopic (exact) mass is 1170 g/mol. The fourth-order valence-corrected chi connectivity index (χ4v) is 11.1. The van der Waals surface area contributed by atoms with Crippen LogP contribution in [0.3, 0.4) is 0 Å². The highest BCUT2D eigenvalue weighted by molar-refractivity contribution is 9.10. The van der Waals surface area contributed by atoms with Gasteiger partial charge in [0.05, 0.1) is 46.8 Å². The van der Waals surface area contributed by atoms with E-state index in [2.05, 4.69) is 54.3 Å². The molecule has 1 aromatic carbocycles. The van der Waals surface area contributed by atoms with Crippen molar-refractivity contribution < 1.29 is 70.1 Å². The number of imide groups is 1. The average Bonchev–Trinajstić information content (AvgIpc) is 4.17. The average molecular weight is 1170 g/mol. The number of benzene rings is 1. The van der Waals surface area contributed by atoms with E-state index in [1.54, 1.807) is 14.2 Å². The molecule has 0 spiro atoms. The van der Waals surface area contributed by atoms with Gasteiger partial charge in [-0.25, -0.2) is 9.36 Å². The lowest BCUT2D eigenvalue weighted by Crippen LogP contribution is -2.47. The van der Waals surface area contributed by atoms with Crippen LogP contribution in [0, 0.1) is 6.92 Å². The number of halogens is 1. The Balaban J connectivity index is 1.19. The number of carbonyl (C=O) groups excluding carboxylic acids is 6. The van der Waals surface area contributed by atoms with Gasteiger partial charge in [0.2, 0.25) is 17.7 Å². The molecule has 1 aromatic heterocycles. The summed E-state index contributed by atoms with van der Waals surface area (Å²) in [5, 5.41) is 9.20. The van der Waals surface area contributed by atoms with Crippen molar-refractivity contribution in [3.05, 3.63) is 81.6 Å². The predicted molar refractivity (Wildman–Crippen MR) is 292 cm³/mol. The minimum absolute atomic E-state index is 0.00205. The highest BCUT2D eigenvalue weighted by atomic mass is 79.9. The summed E-state index contributed by atoms with van der Waals surface area (Å²) < 4.78 is 61.4. The Morgan fingerprint density at radius 3 is 2.37 bits per heavy atom. The molecule has 5 heterocycles. The van der Waals surface area contributed by atoms with Crippen LogP contribution in [-0.4, -0.2) is 139 Å². The maximum atomic E-state index is 13.5. The van der Waals surface area contributed by atoms with Gasteiger partial charge in [-0.3, -0.25) is 28.5 Å². The number of anilines is 1. The third-order valence-corrected chi connectivity index (χ3v) is 15.7. The summed E-state index contributed by atoms with van der Waals surface area (Å²) in [4.78, 5) is 87.6. The largest absolute Gasteiger partial charge is 0.385 e. The second-order valence-electron chi connectivity index (χ2n) is 20.1. The van der Waals surface area contributed by atoms with Crippen LogP contribution in [0.1, 0.15) is 114 Å². The number of nitrogens with one attached hydrogen (secondary N) is 3. The van der Waals surface area contributed by atoms with Crippen LogP contribution < -0.4 is 25.4 Å². The number of nitrogens with zero attached hydrogens (tertiary/aromatic N) is 4. The molecule has 4 N–H and O–H groups in total. The van der Waals surface area contributed by atoms with Crippen molar-refractivity contribution in [3.8, 4) is 0 Å². The van der Waals surface area contributed by atoms with Gasteiger partial charge in [-0.1, -0.05) is 24.6 Å². The van der Waals surface area contributed by atoms with Gasteiger partial charge in [-0.15, -0.1) is 5.06 Å². The van der Waals surface area contributed by atoms with E-state index in [9.17, 15) is 41.7 Å². The summed E-state index contributed by atoms with van der Waals surface area (Å²) in [6.45, 7) is 9.05. The number of carbonyl (C=O) groups is 6. The van der Waals surface area contributed by atoms with E-state index in [1.807, 2.05) is 50.4 Å². The van der Waals surface area contributed by atoms with Gasteiger partial charge < -0.3 is 44.6 Å². The van der Waals surface area contributed by atoms with Gasteiger partial charge in [0, 0.05) is 96.0 Å². The van der Waals surface area contributed by atoms with Gasteiger partial charge in [0.15, 0.2) is 5.71 Å². The number of ether oxygens (including phenoxy) is 4. The van der Waals surface area contributed by atoms with Gasteiger partial charge in [0.1, 0.15) is 18.8 Å². The third kappa shape index (κ3) is 16.2. The summed E-state index contributed by atoms with van der Waals surface area (Å²) in [6, 6.07) is 4.20. The Morgan fingerprint density at radius 1 is 0.910 bits per heavy atom. The van der Waals surface area contributed by atoms with E-state index in [1.165, 1.54) is 12.1 Å². The second-order valence-corrected chi connectivity index (χ2v) is 22.5. The molecule has 426 valence electrons. The minimum atomic E-state index is -4.53. The molecule has 4 aliphatic heterocycles. The summed E-state index contributed by atoms with van der Waals surface area (Å²) in [6.07, 6.45) is 15.6. The topological polar surface area (TPSA) is 262 Å². The van der Waals surface area contributed by atoms with Crippen LogP contribution in [0.15, 0.2) is 74.8 Å². The zero-order valence-corrected chi connectivity index (χ0v) is 47.8. The molecule has 1 saturated heterocycles. The van der Waals surface area contributed by atoms with Crippen LogP contribution in [0.4, 0.5) is 11.5 Å². The van der Waals surface area contributed by atoms with Crippen LogP contribution >= 0.6 is 15.9 Å². The van der Waals surface area contributed by atoms with Crippen molar-refractivity contribution in [3.63, 3.8) is 0 Å². The van der Waals surface area contributed by atoms with Gasteiger partial charge in [-0.2, -0.15) is 8.42 Å². The number of methoxy groups -OCH3 is 2. The summed E-state index contributed by atoms with van der Waals surface area (Å²) in [5.74, 6) is -1.94. The Bertz CT molecular complexity index is 2750. The van der Waals surface area contributed by atoms with Crippen molar-refractivity contribution in [1.82, 2.24) is 21.0 Å². The fraction of sp³-hybridized carbons (Fsp3) is 0.564. The first-order valence-corrected chi connectivity index (χ1v) is 28.9. The number of hydrogen-bond donors (Lipinski definition) is 4. The van der Waals surface area contributed by atoms with Crippen molar-refractivity contribution in [2.75, 3.05) is 78.4 Å². The molecule has 2 aromatic rings. The molecule has 3 unspecified atom stereocenters. The molecule has 0 saturated carbocycles. The maximum Gasteiger partial charge on any atom is 0.333 e. The van der Waals surface area contributed by atoms with Gasteiger partial charge in [0.25, 0.3) is 21.9 Å². The molecule has 0 aliphatic carbocycles. The molecule has 0 bridgehead atoms. The van der Waals surface area contributed by atoms with E-state index in [-0.39, 0.29) is 87.7 Å². The lowest BCUT2D eigenvalue weighted by atomic mass is 9.77. The zero-order valence-electron chi connectivity index (χ0n) is 45.4. The molecule has 1 fully saturated rings. The SMILES string of the molecule is COCC[n+]1cc(Br)cc2c1N=C1/C=C/C=C/C=C3/N(CCOCCC(=O)NCCCCC(C(=O)NCCCCCC(=O)ON4C(=O)CCC4=O)NC(=O)CCOCCC12C)c1c(C)cc(S(=O)(=O)O)cc1C3(C)CCOC. The molecule has 5 amide bonds. The molecule has 23 heteroatoms. The van der Waals surface area contributed by atoms with Crippen LogP contribution in [0.5, 0.6) is 0 Å². The maximum absolute atomic E-state index is 13.5. The summed E-state index contributed by atoms with van der Waals surface area (Å²) >= 11 is 3.71. The molecule has 4 aliphatic rings. The molecule has 21 nitrogen and oxygen atoms in total. The number of unbranched alkanes of at least 4 members (excludes halogenated alkanes) is 2. The minimum Gasteiger partial charge on any atom is -0.385 e. The molecule has 0 radical (unpaired) electrons. The smallest absolute Gasteiger partial charge is 0.333 e. The van der Waals surface area contributed by atoms with Crippen molar-refractivity contribution >= 4 is 78.8 Å². The summed E-state index contributed by atoms with van der Waals surface area (Å²) in [5.41, 5.74) is 3.43. The van der Waals surface area contributed by atoms with Gasteiger partial charge >= 0.3 is 11.8 Å². The highest BCUT2D eigenvalue weighted by Gasteiger charge is 2.47. The van der Waals surface area contributed by atoms with E-state index >= 15 is 0 Å². The number of hydroxylamine groups is 2. The number of aromatic nitrogens is 1. The lowest BCUT2D eigenvalue weighted by Gasteiger charge is -2.30. The van der Waals surface area contributed by atoms with Crippen LogP contribution in [0.2, 0.25) is 0 Å². The number of allylic oxidation sites excluding steroid dienone is 6. The Hall–Kier alpha value is -5.69. The van der Waals surface area contributed by atoms with E-state index in [4.69, 9.17) is 28.8 Å². The molecule has 78 heavy (non-hydrogen) atoms. The van der Waals surface area contributed by atoms with Crippen LogP contribution in [0.25, 0.3) is 0 Å². The fourth-order valence-electron chi connectivity index (χ4n) is 10.0. The summed E-state index contributed by atoms with van der Waals surface area (Å²) in [7, 11) is -1.28. The number of rotatable bonds is 15. The Kier molecular flexibility index (Phi) is 22.9. The number of amides is 5. The number of aliphatic imine (C=N–C) groups is 1. The Labute approximate surface area is 465 Å². The quantitative estimate of drug-likeness (QED) is 0.0757. The van der Waals surface area contributed by atoms with E-state index < -0.39 is 44.8 Å². The normalized spacial score (nSPS) is 23.8. The second kappa shape index (κ2) is 29.0. The Morgan fingerprint density at radius 2 is 1.64 bits per heavy atom. The lowest BCUT2D eigenvalue weighted by molar-refractivity contribution is -0.686. The van der Waals surface area contributed by atoms with E-state index in [0.717, 1.165) is 38.5 Å². The number of pyridine rings is 1. The third-order valence-electron chi connectivity index (χ3n) is 14.4. The molecular weight excluding hydrogens is 1090 g/mol. The van der Waals surface area contributed by atoms with Crippen molar-refractivity contribution in [1.29, 1.82) is 0 Å². The first-order valence-electron chi connectivity index (χ1n) is 26.6. The molecular formula is C55H75BrN7O14S+. The highest BCUT2D eigenvalue weighted by Crippen LogP contribution is 2.52. The first kappa shape index (κ1) is 61.5. The standard InChI is InChI=1S/C55H74BrN7O14S/c1-38-34-40(78(70,71)72)36-41-51(38)62-27-33-76-28-20-46(64)57-24-13-11-14-43(53(69)58-25-12-7-10-17-50(68)77-63-48(66)18-19-49(63)67)59-47(65)21-29-75-31-23-54(2)42-35-39(56)37-61(26-32-74-5)52(42)60-44(54)15-8-6-9-16-45(62)55(41,3)22-30-73-4/h6,8-9,15-16,34-37,43H,7,10-14,17-33H2,1-5H3,(H3-,57,58,59,64,65,69,70,71,72)/p+1. The van der Waals surface area contributed by atoms with E-state index in [0.29, 0.717) is 94.8 Å². The molecule has 6 rings (SSSR count). The first-order chi connectivity index (χ1) is 37.3. The molecule has 3 atom stereocenters. The van der Waals surface area contributed by atoms with Crippen molar-refractivity contribution in [2.45, 2.75) is 133 Å². The number of hydrogen-bond acceptors (Lipinski definition) is 15. The van der Waals surface area contributed by atoms with Crippen molar-refractivity contribution in [2.24, 2.45) is 4.99 Å². The van der Waals surface area contributed by atoms with Gasteiger partial charge in [-0.05, 0) is 128 Å². The zero-order chi connectivity index (χ0) is 56.5.